The van der Waals surface area contributed by atoms with Gasteiger partial charge in [0.2, 0.25) is 0 Å². The highest BCUT2D eigenvalue weighted by molar-refractivity contribution is 6.08. The smallest absolute Gasteiger partial charge is 0.321 e. The van der Waals surface area contributed by atoms with Crippen molar-refractivity contribution < 1.29 is 14.3 Å². The number of carbonyl (C=O) groups is 2. The minimum Gasteiger partial charge on any atom is -0.496 e. The molecule has 0 atom stereocenters. The highest BCUT2D eigenvalue weighted by Crippen LogP contribution is 2.32. The van der Waals surface area contributed by atoms with Crippen LogP contribution in [0.3, 0.4) is 0 Å². The molecule has 0 bridgehead atoms. The number of rotatable bonds is 6. The van der Waals surface area contributed by atoms with Gasteiger partial charge in [-0.15, -0.1) is 0 Å². The van der Waals surface area contributed by atoms with E-state index in [0.29, 0.717) is 35.8 Å². The van der Waals surface area contributed by atoms with Gasteiger partial charge >= 0.3 is 6.03 Å². The molecule has 1 fully saturated rings. The van der Waals surface area contributed by atoms with E-state index < -0.39 is 0 Å². The Balaban J connectivity index is 1.47. The molecule has 0 radical (unpaired) electrons. The number of anilines is 2. The summed E-state index contributed by atoms with van der Waals surface area (Å²) < 4.78 is 7.21. The second-order valence-electron chi connectivity index (χ2n) is 7.76. The lowest BCUT2D eigenvalue weighted by molar-refractivity contribution is 0.102. The van der Waals surface area contributed by atoms with Crippen LogP contribution in [0.4, 0.5) is 16.2 Å². The molecule has 3 aromatic carbocycles. The number of ether oxygens (including phenoxy) is 1. The maximum Gasteiger partial charge on any atom is 0.321 e. The summed E-state index contributed by atoms with van der Waals surface area (Å²) in [7, 11) is 1.59. The topological polar surface area (TPSA) is 88.5 Å². The Hall–Kier alpha value is -4.59. The number of carbonyl (C=O) groups excluding carboxylic acids is 2. The first kappa shape index (κ1) is 21.3. The standard InChI is InChI=1S/C26H23N5O3/c1-34-23-10-6-5-9-21(23)24-22(17-31(29-24)20-7-3-2-4-8-20)25(32)28-18-11-13-19(14-12-18)30-16-15-27-26(30)33/h2-14,17H,15-16H2,1H3,(H,27,33)(H,28,32). The summed E-state index contributed by atoms with van der Waals surface area (Å²) >= 11 is 0. The summed E-state index contributed by atoms with van der Waals surface area (Å²) in [5.74, 6) is 0.331. The summed E-state index contributed by atoms with van der Waals surface area (Å²) in [4.78, 5) is 26.9. The molecule has 5 rings (SSSR count). The number of methoxy groups -OCH3 is 1. The molecular weight excluding hydrogens is 430 g/mol. The van der Waals surface area contributed by atoms with Crippen molar-refractivity contribution in [2.45, 2.75) is 0 Å². The molecule has 1 aromatic heterocycles. The fraction of sp³-hybridized carbons (Fsp3) is 0.115. The molecule has 2 heterocycles. The van der Waals surface area contributed by atoms with Gasteiger partial charge in [-0.05, 0) is 48.5 Å². The molecule has 170 valence electrons. The van der Waals surface area contributed by atoms with E-state index in [2.05, 4.69) is 10.6 Å². The van der Waals surface area contributed by atoms with E-state index in [9.17, 15) is 9.59 Å². The van der Waals surface area contributed by atoms with E-state index in [1.807, 2.05) is 66.7 Å². The largest absolute Gasteiger partial charge is 0.496 e. The molecule has 2 N–H and O–H groups in total. The van der Waals surface area contributed by atoms with E-state index in [4.69, 9.17) is 9.84 Å². The Morgan fingerprint density at radius 3 is 2.41 bits per heavy atom. The summed E-state index contributed by atoms with van der Waals surface area (Å²) in [5, 5.41) is 10.5. The number of nitrogens with zero attached hydrogens (tertiary/aromatic N) is 3. The third kappa shape index (κ3) is 4.09. The number of para-hydroxylation sites is 2. The average molecular weight is 454 g/mol. The van der Waals surface area contributed by atoms with E-state index in [0.717, 1.165) is 16.9 Å². The predicted octanol–water partition coefficient (Wildman–Crippen LogP) is 4.33. The Morgan fingerprint density at radius 1 is 0.971 bits per heavy atom. The van der Waals surface area contributed by atoms with Gasteiger partial charge in [-0.1, -0.05) is 30.3 Å². The highest BCUT2D eigenvalue weighted by Gasteiger charge is 2.23. The number of urea groups is 1. The van der Waals surface area contributed by atoms with Crippen LogP contribution in [0.25, 0.3) is 16.9 Å². The molecule has 8 nitrogen and oxygen atoms in total. The molecule has 4 aromatic rings. The van der Waals surface area contributed by atoms with Crippen molar-refractivity contribution in [2.24, 2.45) is 0 Å². The highest BCUT2D eigenvalue weighted by atomic mass is 16.5. The molecule has 8 heteroatoms. The van der Waals surface area contributed by atoms with Crippen molar-refractivity contribution in [1.82, 2.24) is 15.1 Å². The molecule has 0 aliphatic carbocycles. The number of hydrogen-bond donors (Lipinski definition) is 2. The Morgan fingerprint density at radius 2 is 1.71 bits per heavy atom. The van der Waals surface area contributed by atoms with Gasteiger partial charge in [-0.2, -0.15) is 5.10 Å². The van der Waals surface area contributed by atoms with Gasteiger partial charge in [-0.25, -0.2) is 9.48 Å². The van der Waals surface area contributed by atoms with E-state index >= 15 is 0 Å². The van der Waals surface area contributed by atoms with Crippen molar-refractivity contribution in [3.63, 3.8) is 0 Å². The van der Waals surface area contributed by atoms with Crippen LogP contribution in [0.1, 0.15) is 10.4 Å². The lowest BCUT2D eigenvalue weighted by Gasteiger charge is -2.14. The summed E-state index contributed by atoms with van der Waals surface area (Å²) in [6.07, 6.45) is 1.72. The zero-order chi connectivity index (χ0) is 23.5. The second kappa shape index (κ2) is 9.11. The zero-order valence-electron chi connectivity index (χ0n) is 18.6. The maximum atomic E-state index is 13.4. The summed E-state index contributed by atoms with van der Waals surface area (Å²) in [6, 6.07) is 24.2. The summed E-state index contributed by atoms with van der Waals surface area (Å²) in [5.41, 5.74) is 3.89. The number of benzene rings is 3. The van der Waals surface area contributed by atoms with Crippen LogP contribution in [-0.2, 0) is 0 Å². The third-order valence-corrected chi connectivity index (χ3v) is 5.64. The SMILES string of the molecule is COc1ccccc1-c1nn(-c2ccccc2)cc1C(=O)Nc1ccc(N2CCNC2=O)cc1. The lowest BCUT2D eigenvalue weighted by atomic mass is 10.1. The minimum absolute atomic E-state index is 0.119. The first-order valence-electron chi connectivity index (χ1n) is 10.9. The first-order chi connectivity index (χ1) is 16.6. The number of hydrogen-bond acceptors (Lipinski definition) is 4. The van der Waals surface area contributed by atoms with Crippen molar-refractivity contribution in [3.05, 3.63) is 90.6 Å². The van der Waals surface area contributed by atoms with Crippen LogP contribution in [0.2, 0.25) is 0 Å². The number of aromatic nitrogens is 2. The van der Waals surface area contributed by atoms with Crippen LogP contribution in [-0.4, -0.2) is 41.9 Å². The predicted molar refractivity (Wildman–Crippen MR) is 131 cm³/mol. The average Bonchev–Trinajstić information content (AvgIpc) is 3.52. The van der Waals surface area contributed by atoms with E-state index in [1.54, 1.807) is 35.0 Å². The van der Waals surface area contributed by atoms with Crippen LogP contribution >= 0.6 is 0 Å². The fourth-order valence-electron chi connectivity index (χ4n) is 3.93. The van der Waals surface area contributed by atoms with Gasteiger partial charge in [0.15, 0.2) is 0 Å². The van der Waals surface area contributed by atoms with Gasteiger partial charge < -0.3 is 15.4 Å². The Kier molecular flexibility index (Phi) is 5.70. The summed E-state index contributed by atoms with van der Waals surface area (Å²) in [6.45, 7) is 1.24. The normalized spacial score (nSPS) is 13.0. The molecule has 0 spiro atoms. The minimum atomic E-state index is -0.297. The van der Waals surface area contributed by atoms with Crippen LogP contribution in [0.15, 0.2) is 85.1 Å². The van der Waals surface area contributed by atoms with E-state index in [-0.39, 0.29) is 11.9 Å². The van der Waals surface area contributed by atoms with Crippen molar-refractivity contribution in [1.29, 1.82) is 0 Å². The molecule has 0 unspecified atom stereocenters. The van der Waals surface area contributed by atoms with Gasteiger partial charge in [0.05, 0.1) is 18.4 Å². The first-order valence-corrected chi connectivity index (χ1v) is 10.9. The molecule has 1 aliphatic rings. The lowest BCUT2D eigenvalue weighted by Crippen LogP contribution is -2.27. The Bertz CT molecular complexity index is 1330. The van der Waals surface area contributed by atoms with Gasteiger partial charge in [-0.3, -0.25) is 9.69 Å². The van der Waals surface area contributed by atoms with Crippen molar-refractivity contribution in [3.8, 4) is 22.7 Å². The number of amides is 3. The molecule has 3 amide bonds. The maximum absolute atomic E-state index is 13.4. The molecule has 34 heavy (non-hydrogen) atoms. The van der Waals surface area contributed by atoms with E-state index in [1.165, 1.54) is 0 Å². The monoisotopic (exact) mass is 453 g/mol. The van der Waals surface area contributed by atoms with Crippen LogP contribution < -0.4 is 20.3 Å². The van der Waals surface area contributed by atoms with Gasteiger partial charge in [0.25, 0.3) is 5.91 Å². The molecule has 1 saturated heterocycles. The quantitative estimate of drug-likeness (QED) is 0.455. The molecular formula is C26H23N5O3. The van der Waals surface area contributed by atoms with Crippen LogP contribution in [0.5, 0.6) is 5.75 Å². The fourth-order valence-corrected chi connectivity index (χ4v) is 3.93. The molecule has 1 aliphatic heterocycles. The number of nitrogens with one attached hydrogen (secondary N) is 2. The van der Waals surface area contributed by atoms with Crippen molar-refractivity contribution in [2.75, 3.05) is 30.4 Å². The zero-order valence-corrected chi connectivity index (χ0v) is 18.6. The Labute approximate surface area is 196 Å². The third-order valence-electron chi connectivity index (χ3n) is 5.64. The second-order valence-corrected chi connectivity index (χ2v) is 7.76. The van der Waals surface area contributed by atoms with Crippen LogP contribution in [0, 0.1) is 0 Å². The van der Waals surface area contributed by atoms with Gasteiger partial charge in [0.1, 0.15) is 11.4 Å². The van der Waals surface area contributed by atoms with Gasteiger partial charge in [0, 0.05) is 36.2 Å². The van der Waals surface area contributed by atoms with Crippen molar-refractivity contribution >= 4 is 23.3 Å². The molecule has 0 saturated carbocycles.